The molecule has 0 bridgehead atoms. The van der Waals surface area contributed by atoms with Gasteiger partial charge in [-0.3, -0.25) is 4.98 Å². The molecular weight excluding hydrogens is 342 g/mol. The van der Waals surface area contributed by atoms with Crippen LogP contribution in [0.2, 0.25) is 0 Å². The van der Waals surface area contributed by atoms with Gasteiger partial charge in [-0.2, -0.15) is 0 Å². The van der Waals surface area contributed by atoms with E-state index in [1.807, 2.05) is 30.3 Å². The Balaban J connectivity index is 1.78. The molecule has 2 aromatic rings. The third-order valence-electron chi connectivity index (χ3n) is 4.21. The molecule has 6 nitrogen and oxygen atoms in total. The quantitative estimate of drug-likeness (QED) is 0.616. The Kier molecular flexibility index (Phi) is 5.93. The molecule has 0 spiro atoms. The Hall–Kier alpha value is -1.64. The van der Waals surface area contributed by atoms with E-state index in [1.165, 1.54) is 0 Å². The smallest absolute Gasteiger partial charge is 0.173 e. The molecule has 1 saturated heterocycles. The number of thioether (sulfide) groups is 1. The molecule has 25 heavy (non-hydrogen) atoms. The first-order chi connectivity index (χ1) is 12.1. The lowest BCUT2D eigenvalue weighted by Gasteiger charge is -2.39. The number of nitrogens with zero attached hydrogens (tertiary/aromatic N) is 1. The average molecular weight is 363 g/mol. The molecule has 3 rings (SSSR count). The van der Waals surface area contributed by atoms with Crippen LogP contribution in [-0.2, 0) is 6.42 Å². The van der Waals surface area contributed by atoms with Gasteiger partial charge in [-0.25, -0.2) is 0 Å². The molecule has 0 unspecified atom stereocenters. The highest BCUT2D eigenvalue weighted by Gasteiger charge is 2.44. The van der Waals surface area contributed by atoms with Crippen LogP contribution in [0.25, 0.3) is 0 Å². The fourth-order valence-electron chi connectivity index (χ4n) is 2.78. The summed E-state index contributed by atoms with van der Waals surface area (Å²) < 4.78 is 5.94. The number of ether oxygens (including phenoxy) is 1. The van der Waals surface area contributed by atoms with Crippen molar-refractivity contribution in [3.63, 3.8) is 0 Å². The van der Waals surface area contributed by atoms with Crippen molar-refractivity contribution in [2.24, 2.45) is 0 Å². The van der Waals surface area contributed by atoms with E-state index < -0.39 is 29.0 Å². The molecule has 0 radical (unpaired) electrons. The molecule has 2 heterocycles. The van der Waals surface area contributed by atoms with Gasteiger partial charge in [-0.1, -0.05) is 18.2 Å². The fraction of sp³-hybridized carbons (Fsp3) is 0.389. The average Bonchev–Trinajstić information content (AvgIpc) is 2.64. The summed E-state index contributed by atoms with van der Waals surface area (Å²) in [6.07, 6.45) is 0.275. The van der Waals surface area contributed by atoms with Crippen molar-refractivity contribution in [2.75, 3.05) is 6.61 Å². The molecule has 5 atom stereocenters. The van der Waals surface area contributed by atoms with Crippen LogP contribution in [0.3, 0.4) is 0 Å². The van der Waals surface area contributed by atoms with Crippen LogP contribution < -0.4 is 4.74 Å². The Morgan fingerprint density at radius 2 is 1.68 bits per heavy atom. The molecule has 0 aliphatic carbocycles. The second-order valence-corrected chi connectivity index (χ2v) is 7.30. The summed E-state index contributed by atoms with van der Waals surface area (Å²) in [5.74, 6) is 0.594. The van der Waals surface area contributed by atoms with E-state index in [1.54, 1.807) is 18.5 Å². The number of hydrogen-bond donors (Lipinski definition) is 4. The minimum Gasteiger partial charge on any atom is -0.477 e. The van der Waals surface area contributed by atoms with Crippen molar-refractivity contribution in [3.05, 3.63) is 59.9 Å². The van der Waals surface area contributed by atoms with Gasteiger partial charge in [0.2, 0.25) is 0 Å². The molecule has 0 saturated carbocycles. The summed E-state index contributed by atoms with van der Waals surface area (Å²) in [5.41, 5.74) is 1.23. The molecule has 1 aromatic carbocycles. The maximum absolute atomic E-state index is 10.2. The second kappa shape index (κ2) is 8.16. The monoisotopic (exact) mass is 363 g/mol. The van der Waals surface area contributed by atoms with Crippen molar-refractivity contribution < 1.29 is 25.2 Å². The first-order valence-corrected chi connectivity index (χ1v) is 8.98. The van der Waals surface area contributed by atoms with E-state index in [4.69, 9.17) is 4.74 Å². The number of aliphatic hydroxyl groups excluding tert-OH is 4. The third-order valence-corrected chi connectivity index (χ3v) is 5.63. The predicted molar refractivity (Wildman–Crippen MR) is 94.4 cm³/mol. The molecule has 1 aliphatic heterocycles. The lowest BCUT2D eigenvalue weighted by Crippen LogP contribution is -2.55. The highest BCUT2D eigenvalue weighted by atomic mass is 32.2. The minimum absolute atomic E-state index is 0.311. The Morgan fingerprint density at radius 1 is 0.960 bits per heavy atom. The topological polar surface area (TPSA) is 103 Å². The summed E-state index contributed by atoms with van der Waals surface area (Å²) >= 11 is 1.12. The normalized spacial score (nSPS) is 29.4. The van der Waals surface area contributed by atoms with E-state index in [-0.39, 0.29) is 6.61 Å². The molecule has 1 aromatic heterocycles. The van der Waals surface area contributed by atoms with Crippen molar-refractivity contribution in [3.8, 4) is 5.75 Å². The van der Waals surface area contributed by atoms with Crippen molar-refractivity contribution in [2.45, 2.75) is 35.4 Å². The van der Waals surface area contributed by atoms with Gasteiger partial charge in [0, 0.05) is 18.8 Å². The summed E-state index contributed by atoms with van der Waals surface area (Å²) in [6, 6.07) is 11.3. The molecular formula is C18H21NO5S. The summed E-state index contributed by atoms with van der Waals surface area (Å²) in [6.45, 7) is -0.311. The van der Waals surface area contributed by atoms with Gasteiger partial charge in [0.15, 0.2) is 5.44 Å². The highest BCUT2D eigenvalue weighted by molar-refractivity contribution is 8.00. The van der Waals surface area contributed by atoms with Crippen LogP contribution in [-0.4, -0.2) is 61.0 Å². The Morgan fingerprint density at radius 3 is 2.40 bits per heavy atom. The third kappa shape index (κ3) is 4.13. The largest absolute Gasteiger partial charge is 0.477 e. The first kappa shape index (κ1) is 18.2. The molecule has 4 N–H and O–H groups in total. The molecule has 1 aliphatic rings. The summed E-state index contributed by atoms with van der Waals surface area (Å²) in [4.78, 5) is 4.00. The van der Waals surface area contributed by atoms with Gasteiger partial charge >= 0.3 is 0 Å². The van der Waals surface area contributed by atoms with E-state index in [0.29, 0.717) is 12.2 Å². The van der Waals surface area contributed by atoms with Crippen molar-refractivity contribution in [1.82, 2.24) is 4.98 Å². The molecule has 134 valence electrons. The van der Waals surface area contributed by atoms with Gasteiger partial charge in [0.25, 0.3) is 0 Å². The maximum Gasteiger partial charge on any atom is 0.173 e. The Bertz CT molecular complexity index is 684. The number of rotatable bonds is 5. The standard InChI is InChI=1S/C18H21NO5S/c20-10-14-15(21)16(22)17(23)18(25-14)24-13-4-2-1-3-12(13)9-11-5-7-19-8-6-11/h1-8,14-18,20-23H,9-10H2/t14-,15-,16+,17-,18-/m1/s1. The second-order valence-electron chi connectivity index (χ2n) is 5.96. The maximum atomic E-state index is 10.2. The van der Waals surface area contributed by atoms with Crippen molar-refractivity contribution >= 4 is 11.8 Å². The van der Waals surface area contributed by atoms with Crippen LogP contribution in [0.15, 0.2) is 48.8 Å². The Labute approximate surface area is 150 Å². The van der Waals surface area contributed by atoms with Gasteiger partial charge in [0.05, 0.1) is 18.0 Å². The van der Waals surface area contributed by atoms with Crippen LogP contribution in [0.4, 0.5) is 0 Å². The lowest BCUT2D eigenvalue weighted by molar-refractivity contribution is -0.0910. The SMILES string of the molecule is OC[C@H]1S[C@@H](Oc2ccccc2Cc2ccncc2)[C@H](O)[C@@H](O)[C@@H]1O. The fourth-order valence-corrected chi connectivity index (χ4v) is 4.01. The summed E-state index contributed by atoms with van der Waals surface area (Å²) in [7, 11) is 0. The van der Waals surface area contributed by atoms with Crippen LogP contribution in [0, 0.1) is 0 Å². The highest BCUT2D eigenvalue weighted by Crippen LogP contribution is 2.35. The van der Waals surface area contributed by atoms with Crippen LogP contribution in [0.5, 0.6) is 5.75 Å². The van der Waals surface area contributed by atoms with Crippen molar-refractivity contribution in [1.29, 1.82) is 0 Å². The lowest BCUT2D eigenvalue weighted by atomic mass is 10.0. The van der Waals surface area contributed by atoms with Gasteiger partial charge in [-0.15, -0.1) is 11.8 Å². The predicted octanol–water partition coefficient (Wildman–Crippen LogP) is 0.568. The zero-order valence-corrected chi connectivity index (χ0v) is 14.3. The van der Waals surface area contributed by atoms with E-state index in [0.717, 1.165) is 22.9 Å². The molecule has 7 heteroatoms. The molecule has 1 fully saturated rings. The number of pyridine rings is 1. The van der Waals surface area contributed by atoms with E-state index in [9.17, 15) is 20.4 Å². The number of aromatic nitrogens is 1. The summed E-state index contributed by atoms with van der Waals surface area (Å²) in [5, 5.41) is 38.8. The minimum atomic E-state index is -1.37. The van der Waals surface area contributed by atoms with E-state index >= 15 is 0 Å². The number of para-hydroxylation sites is 1. The zero-order chi connectivity index (χ0) is 17.8. The van der Waals surface area contributed by atoms with Gasteiger partial charge < -0.3 is 25.2 Å². The number of hydrogen-bond acceptors (Lipinski definition) is 7. The van der Waals surface area contributed by atoms with Gasteiger partial charge in [0.1, 0.15) is 18.0 Å². The van der Waals surface area contributed by atoms with Crippen LogP contribution in [0.1, 0.15) is 11.1 Å². The van der Waals surface area contributed by atoms with E-state index in [2.05, 4.69) is 4.98 Å². The van der Waals surface area contributed by atoms with Crippen LogP contribution >= 0.6 is 11.8 Å². The first-order valence-electron chi connectivity index (χ1n) is 8.04. The number of benzene rings is 1. The van der Waals surface area contributed by atoms with Gasteiger partial charge in [-0.05, 0) is 29.3 Å². The number of aliphatic hydroxyl groups is 4. The molecule has 0 amide bonds. The zero-order valence-electron chi connectivity index (χ0n) is 13.5.